The molecule has 0 spiro atoms. The Morgan fingerprint density at radius 2 is 1.71 bits per heavy atom. The van der Waals surface area contributed by atoms with Crippen LogP contribution in [0.3, 0.4) is 0 Å². The van der Waals surface area contributed by atoms with Crippen LogP contribution in [0.2, 0.25) is 0 Å². The van der Waals surface area contributed by atoms with Crippen molar-refractivity contribution in [1.29, 1.82) is 0 Å². The first kappa shape index (κ1) is 20.8. The van der Waals surface area contributed by atoms with E-state index in [2.05, 4.69) is 34.3 Å². The number of para-hydroxylation sites is 1. The Hall–Kier alpha value is -3.43. The molecule has 0 aliphatic rings. The van der Waals surface area contributed by atoms with Crippen molar-refractivity contribution < 1.29 is 21.1 Å². The van der Waals surface area contributed by atoms with Crippen LogP contribution in [0.4, 0.5) is 17.2 Å². The quantitative estimate of drug-likeness (QED) is 0.262. The van der Waals surface area contributed by atoms with Gasteiger partial charge in [0.05, 0.1) is 11.6 Å². The molecule has 0 saturated carbocycles. The van der Waals surface area contributed by atoms with Gasteiger partial charge in [0.1, 0.15) is 5.82 Å². The number of imidazole rings is 1. The summed E-state index contributed by atoms with van der Waals surface area (Å²) in [6.45, 7) is 0. The van der Waals surface area contributed by atoms with Gasteiger partial charge in [0.15, 0.2) is 0 Å². The fourth-order valence-electron chi connectivity index (χ4n) is 3.42. The molecule has 6 heteroatoms. The summed E-state index contributed by atoms with van der Waals surface area (Å²) in [6, 6.07) is 29.6. The van der Waals surface area contributed by atoms with Crippen molar-refractivity contribution in [3.05, 3.63) is 110 Å². The van der Waals surface area contributed by atoms with Crippen LogP contribution < -0.4 is 4.90 Å². The van der Waals surface area contributed by atoms with Crippen LogP contribution in [-0.2, 0) is 28.1 Å². The Kier molecular flexibility index (Phi) is 6.15. The number of hydrogen-bond acceptors (Lipinski definition) is 3. The Labute approximate surface area is 195 Å². The number of benzene rings is 2. The number of pyridine rings is 1. The number of aryl methyl sites for hydroxylation is 1. The molecule has 3 heterocycles. The van der Waals surface area contributed by atoms with E-state index in [9.17, 15) is 0 Å². The summed E-state index contributed by atoms with van der Waals surface area (Å²) in [4.78, 5) is 11.5. The van der Waals surface area contributed by atoms with Gasteiger partial charge in [-0.3, -0.25) is 9.97 Å². The average Bonchev–Trinajstić information content (AvgIpc) is 3.47. The van der Waals surface area contributed by atoms with E-state index in [1.807, 2.05) is 95.3 Å². The molecule has 5 nitrogen and oxygen atoms in total. The topological polar surface area (TPSA) is 38.9 Å². The minimum absolute atomic E-state index is 0. The summed E-state index contributed by atoms with van der Waals surface area (Å²) in [5.41, 5.74) is 2.82. The minimum Gasteiger partial charge on any atom is -0.436 e. The molecule has 0 bridgehead atoms. The molecule has 5 aromatic rings. The van der Waals surface area contributed by atoms with Crippen LogP contribution in [0.1, 0.15) is 0 Å². The van der Waals surface area contributed by atoms with E-state index in [0.717, 1.165) is 34.4 Å². The molecule has 0 aliphatic heterocycles. The molecule has 31 heavy (non-hydrogen) atoms. The molecule has 0 amide bonds. The van der Waals surface area contributed by atoms with Gasteiger partial charge in [-0.2, -0.15) is 6.07 Å². The van der Waals surface area contributed by atoms with E-state index >= 15 is 0 Å². The van der Waals surface area contributed by atoms with Gasteiger partial charge in [-0.25, -0.2) is 0 Å². The predicted molar refractivity (Wildman–Crippen MR) is 118 cm³/mol. The Balaban J connectivity index is 0.00000231. The number of rotatable bonds is 5. The molecule has 0 atom stereocenters. The van der Waals surface area contributed by atoms with Gasteiger partial charge in [-0.05, 0) is 23.9 Å². The third kappa shape index (κ3) is 4.23. The van der Waals surface area contributed by atoms with Crippen molar-refractivity contribution in [3.8, 4) is 17.2 Å². The van der Waals surface area contributed by atoms with Crippen LogP contribution in [0.15, 0.2) is 97.5 Å². The molecule has 0 N–H and O–H groups in total. The first-order valence-corrected chi connectivity index (χ1v) is 9.67. The number of aromatic nitrogens is 4. The molecule has 0 radical (unpaired) electrons. The zero-order valence-electron chi connectivity index (χ0n) is 16.8. The maximum atomic E-state index is 4.90. The number of anilines is 3. The minimum atomic E-state index is 0. The Morgan fingerprint density at radius 1 is 0.871 bits per heavy atom. The van der Waals surface area contributed by atoms with Crippen molar-refractivity contribution in [2.24, 2.45) is 7.05 Å². The summed E-state index contributed by atoms with van der Waals surface area (Å²) >= 11 is 0. The standard InChI is InChI=1S/C25H19N5.Pt/c1-28-18-15-26-25(28)20-9-7-12-22(19-20)30(21-10-3-2-4-11-21)24-14-8-13-23(27-24)29-16-5-6-17-29;/h2-16,18H,1H3;/q-2;+2. The van der Waals surface area contributed by atoms with Gasteiger partial charge in [-0.1, -0.05) is 36.5 Å². The average molecular weight is 585 g/mol. The monoisotopic (exact) mass is 584 g/mol. The second kappa shape index (κ2) is 9.15. The largest absolute Gasteiger partial charge is 2.00 e. The van der Waals surface area contributed by atoms with Crippen molar-refractivity contribution in [2.75, 3.05) is 4.90 Å². The van der Waals surface area contributed by atoms with Gasteiger partial charge >= 0.3 is 21.1 Å². The van der Waals surface area contributed by atoms with Crippen LogP contribution in [0, 0.1) is 12.3 Å². The maximum absolute atomic E-state index is 4.90. The number of nitrogens with zero attached hydrogens (tertiary/aromatic N) is 5. The molecule has 0 fully saturated rings. The van der Waals surface area contributed by atoms with E-state index in [1.165, 1.54) is 0 Å². The van der Waals surface area contributed by atoms with E-state index in [4.69, 9.17) is 4.98 Å². The van der Waals surface area contributed by atoms with E-state index in [-0.39, 0.29) is 21.1 Å². The molecule has 2 aromatic carbocycles. The summed E-state index contributed by atoms with van der Waals surface area (Å²) in [6.07, 6.45) is 8.82. The maximum Gasteiger partial charge on any atom is 2.00 e. The summed E-state index contributed by atoms with van der Waals surface area (Å²) < 4.78 is 3.86. The molecule has 0 saturated heterocycles. The summed E-state index contributed by atoms with van der Waals surface area (Å²) in [5.74, 6) is 2.47. The summed E-state index contributed by atoms with van der Waals surface area (Å²) in [7, 11) is 1.98. The molecule has 3 aromatic heterocycles. The van der Waals surface area contributed by atoms with Crippen molar-refractivity contribution in [2.45, 2.75) is 0 Å². The Bertz CT molecular complexity index is 1260. The first-order valence-electron chi connectivity index (χ1n) is 9.67. The smallest absolute Gasteiger partial charge is 0.436 e. The second-order valence-corrected chi connectivity index (χ2v) is 6.84. The van der Waals surface area contributed by atoms with Gasteiger partial charge < -0.3 is 14.0 Å². The van der Waals surface area contributed by atoms with Gasteiger partial charge in [0.2, 0.25) is 0 Å². The normalized spacial score (nSPS) is 10.5. The SMILES string of the molecule is Cn1ccnc1-c1[c-]c(N(c2ccccc2)c2cccc(-n3[c-]ccc3)n2)ccc1.[Pt+2]. The van der Waals surface area contributed by atoms with Crippen LogP contribution >= 0.6 is 0 Å². The molecule has 5 rings (SSSR count). The van der Waals surface area contributed by atoms with E-state index < -0.39 is 0 Å². The van der Waals surface area contributed by atoms with E-state index in [0.29, 0.717) is 0 Å². The predicted octanol–water partition coefficient (Wildman–Crippen LogP) is 5.34. The molecular formula is C25H19N5Pt. The molecular weight excluding hydrogens is 565 g/mol. The third-order valence-electron chi connectivity index (χ3n) is 4.84. The second-order valence-electron chi connectivity index (χ2n) is 6.84. The van der Waals surface area contributed by atoms with Gasteiger partial charge in [0, 0.05) is 25.1 Å². The van der Waals surface area contributed by atoms with Crippen LogP contribution in [0.5, 0.6) is 0 Å². The van der Waals surface area contributed by atoms with Crippen LogP contribution in [-0.4, -0.2) is 19.1 Å². The third-order valence-corrected chi connectivity index (χ3v) is 4.84. The van der Waals surface area contributed by atoms with Gasteiger partial charge in [-0.15, -0.1) is 42.1 Å². The molecule has 0 aliphatic carbocycles. The van der Waals surface area contributed by atoms with Crippen molar-refractivity contribution in [1.82, 2.24) is 19.1 Å². The molecule has 154 valence electrons. The number of hydrogen-bond donors (Lipinski definition) is 0. The van der Waals surface area contributed by atoms with Crippen LogP contribution in [0.25, 0.3) is 17.2 Å². The van der Waals surface area contributed by atoms with Gasteiger partial charge in [0.25, 0.3) is 0 Å². The fraction of sp³-hybridized carbons (Fsp3) is 0.0400. The zero-order chi connectivity index (χ0) is 20.3. The van der Waals surface area contributed by atoms with E-state index in [1.54, 1.807) is 6.20 Å². The summed E-state index contributed by atoms with van der Waals surface area (Å²) in [5, 5.41) is 0. The van der Waals surface area contributed by atoms with Crippen molar-refractivity contribution in [3.63, 3.8) is 0 Å². The van der Waals surface area contributed by atoms with Crippen molar-refractivity contribution >= 4 is 17.2 Å². The Morgan fingerprint density at radius 3 is 2.45 bits per heavy atom. The molecule has 0 unspecified atom stereocenters. The zero-order valence-corrected chi connectivity index (χ0v) is 19.1. The fourth-order valence-corrected chi connectivity index (χ4v) is 3.42. The first-order chi connectivity index (χ1) is 14.8.